The summed E-state index contributed by atoms with van der Waals surface area (Å²) < 4.78 is 34.3. The molecule has 1 aliphatic carbocycles. The van der Waals surface area contributed by atoms with Gasteiger partial charge in [-0.2, -0.15) is 0 Å². The first kappa shape index (κ1) is 17.8. The van der Waals surface area contributed by atoms with Gasteiger partial charge in [-0.25, -0.2) is 13.1 Å². The summed E-state index contributed by atoms with van der Waals surface area (Å²) >= 11 is 0. The zero-order valence-corrected chi connectivity index (χ0v) is 15.9. The van der Waals surface area contributed by atoms with Crippen LogP contribution in [0.5, 0.6) is 0 Å². The molecule has 3 heterocycles. The molecule has 8 heteroatoms. The first-order chi connectivity index (χ1) is 12.5. The van der Waals surface area contributed by atoms with E-state index in [1.165, 1.54) is 5.69 Å². The maximum atomic E-state index is 12.0. The highest BCUT2D eigenvalue weighted by Crippen LogP contribution is 2.27. The minimum Gasteiger partial charge on any atom is -0.361 e. The first-order valence-electron chi connectivity index (χ1n) is 9.26. The Bertz CT molecular complexity index is 853. The predicted octanol–water partition coefficient (Wildman–Crippen LogP) is 1.89. The summed E-state index contributed by atoms with van der Waals surface area (Å²) in [6, 6.07) is 6.20. The molecule has 4 rings (SSSR count). The van der Waals surface area contributed by atoms with Gasteiger partial charge in [0.2, 0.25) is 10.0 Å². The molecule has 26 heavy (non-hydrogen) atoms. The molecule has 142 valence electrons. The van der Waals surface area contributed by atoms with E-state index in [-0.39, 0.29) is 5.25 Å². The number of aromatic nitrogens is 2. The van der Waals surface area contributed by atoms with Crippen molar-refractivity contribution in [3.05, 3.63) is 41.5 Å². The molecule has 1 saturated carbocycles. The Morgan fingerprint density at radius 3 is 2.92 bits per heavy atom. The van der Waals surface area contributed by atoms with Crippen molar-refractivity contribution in [2.75, 3.05) is 13.1 Å². The topological polar surface area (TPSA) is 80.4 Å². The van der Waals surface area contributed by atoms with Crippen molar-refractivity contribution in [1.29, 1.82) is 0 Å². The van der Waals surface area contributed by atoms with Crippen LogP contribution in [0.3, 0.4) is 0 Å². The molecule has 0 saturated heterocycles. The van der Waals surface area contributed by atoms with Gasteiger partial charge in [0.15, 0.2) is 0 Å². The van der Waals surface area contributed by atoms with Gasteiger partial charge in [0.05, 0.1) is 10.9 Å². The predicted molar refractivity (Wildman–Crippen MR) is 97.8 cm³/mol. The minimum absolute atomic E-state index is 0.153. The van der Waals surface area contributed by atoms with Crippen LogP contribution in [-0.4, -0.2) is 41.4 Å². The Morgan fingerprint density at radius 1 is 1.35 bits per heavy atom. The molecule has 1 aliphatic heterocycles. The number of hydrogen-bond donors (Lipinski definition) is 1. The third kappa shape index (κ3) is 4.19. The van der Waals surface area contributed by atoms with E-state index in [2.05, 4.69) is 37.7 Å². The Hall–Kier alpha value is -1.64. The summed E-state index contributed by atoms with van der Waals surface area (Å²) in [5.74, 6) is 1.21. The lowest BCUT2D eigenvalue weighted by Crippen LogP contribution is -2.32. The summed E-state index contributed by atoms with van der Waals surface area (Å²) in [6.07, 6.45) is 4.55. The number of sulfonamides is 1. The Kier molecular flexibility index (Phi) is 4.90. The van der Waals surface area contributed by atoms with Crippen molar-refractivity contribution in [3.8, 4) is 0 Å². The lowest BCUT2D eigenvalue weighted by Gasteiger charge is -2.23. The zero-order valence-electron chi connectivity index (χ0n) is 15.1. The number of nitrogens with zero attached hydrogens (tertiary/aromatic N) is 3. The molecule has 2 aromatic rings. The molecule has 0 amide bonds. The van der Waals surface area contributed by atoms with Crippen LogP contribution in [0.4, 0.5) is 0 Å². The van der Waals surface area contributed by atoms with Gasteiger partial charge in [-0.1, -0.05) is 5.16 Å². The van der Waals surface area contributed by atoms with Crippen LogP contribution in [0.2, 0.25) is 0 Å². The first-order valence-corrected chi connectivity index (χ1v) is 10.8. The van der Waals surface area contributed by atoms with Crippen molar-refractivity contribution in [2.24, 2.45) is 5.92 Å². The van der Waals surface area contributed by atoms with Gasteiger partial charge < -0.3 is 9.09 Å². The largest absolute Gasteiger partial charge is 0.361 e. The SMILES string of the molecule is Cc1cc(CN2Cc3cccn3CC(CCNS(=O)(=O)C3CC3)C2)no1. The highest BCUT2D eigenvalue weighted by molar-refractivity contribution is 7.90. The van der Waals surface area contributed by atoms with Gasteiger partial charge in [0.1, 0.15) is 5.76 Å². The van der Waals surface area contributed by atoms with E-state index in [0.717, 1.165) is 56.9 Å². The second-order valence-corrected chi connectivity index (χ2v) is 9.59. The Balaban J connectivity index is 1.40. The maximum absolute atomic E-state index is 12.0. The zero-order chi connectivity index (χ0) is 18.1. The molecular weight excluding hydrogens is 352 g/mol. The summed E-state index contributed by atoms with van der Waals surface area (Å²) in [4.78, 5) is 2.37. The lowest BCUT2D eigenvalue weighted by molar-refractivity contribution is 0.210. The molecule has 1 atom stereocenters. The van der Waals surface area contributed by atoms with Crippen molar-refractivity contribution in [2.45, 2.75) is 51.1 Å². The van der Waals surface area contributed by atoms with Crippen molar-refractivity contribution in [1.82, 2.24) is 19.3 Å². The molecule has 1 N–H and O–H groups in total. The van der Waals surface area contributed by atoms with Crippen LogP contribution in [0, 0.1) is 12.8 Å². The molecule has 0 radical (unpaired) electrons. The number of aryl methyl sites for hydroxylation is 1. The highest BCUT2D eigenvalue weighted by Gasteiger charge is 2.35. The van der Waals surface area contributed by atoms with Gasteiger partial charge in [0, 0.05) is 50.7 Å². The smallest absolute Gasteiger partial charge is 0.214 e. The van der Waals surface area contributed by atoms with Crippen LogP contribution in [-0.2, 0) is 29.7 Å². The van der Waals surface area contributed by atoms with Gasteiger partial charge in [-0.05, 0) is 44.2 Å². The van der Waals surface area contributed by atoms with Crippen LogP contribution < -0.4 is 4.72 Å². The maximum Gasteiger partial charge on any atom is 0.214 e. The van der Waals surface area contributed by atoms with E-state index >= 15 is 0 Å². The second-order valence-electron chi connectivity index (χ2n) is 7.54. The Morgan fingerprint density at radius 2 is 2.19 bits per heavy atom. The van der Waals surface area contributed by atoms with Gasteiger partial charge in [-0.15, -0.1) is 0 Å². The lowest BCUT2D eigenvalue weighted by atomic mass is 10.1. The monoisotopic (exact) mass is 378 g/mol. The number of hydrogen-bond acceptors (Lipinski definition) is 5. The average Bonchev–Trinajstić information content (AvgIpc) is 3.29. The summed E-state index contributed by atoms with van der Waals surface area (Å²) in [5, 5.41) is 3.96. The standard InChI is InChI=1S/C18H26N4O3S/c1-14-9-16(20-25-14)12-21-10-15(11-22-8-2-3-17(22)13-21)6-7-19-26(23,24)18-4-5-18/h2-3,8-9,15,18-19H,4-7,10-13H2,1H3. The third-order valence-electron chi connectivity index (χ3n) is 5.16. The normalized spacial score (nSPS) is 21.5. The van der Waals surface area contributed by atoms with Gasteiger partial charge in [0.25, 0.3) is 0 Å². The van der Waals surface area contributed by atoms with Crippen LogP contribution >= 0.6 is 0 Å². The molecule has 7 nitrogen and oxygen atoms in total. The number of rotatable bonds is 7. The summed E-state index contributed by atoms with van der Waals surface area (Å²) in [7, 11) is -3.10. The fraction of sp³-hybridized carbons (Fsp3) is 0.611. The highest BCUT2D eigenvalue weighted by atomic mass is 32.2. The van der Waals surface area contributed by atoms with E-state index in [1.807, 2.05) is 13.0 Å². The second kappa shape index (κ2) is 7.17. The molecule has 0 bridgehead atoms. The third-order valence-corrected chi connectivity index (χ3v) is 7.12. The molecule has 0 spiro atoms. The average molecular weight is 378 g/mol. The molecule has 0 aromatic carbocycles. The molecule has 1 unspecified atom stereocenters. The van der Waals surface area contributed by atoms with E-state index in [0.29, 0.717) is 12.5 Å². The fourth-order valence-corrected chi connectivity index (χ4v) is 5.09. The van der Waals surface area contributed by atoms with Crippen LogP contribution in [0.25, 0.3) is 0 Å². The molecular formula is C18H26N4O3S. The van der Waals surface area contributed by atoms with Crippen molar-refractivity contribution in [3.63, 3.8) is 0 Å². The quantitative estimate of drug-likeness (QED) is 0.796. The van der Waals surface area contributed by atoms with Crippen molar-refractivity contribution < 1.29 is 12.9 Å². The van der Waals surface area contributed by atoms with Gasteiger partial charge >= 0.3 is 0 Å². The fourth-order valence-electron chi connectivity index (χ4n) is 3.69. The van der Waals surface area contributed by atoms with E-state index in [9.17, 15) is 8.42 Å². The summed E-state index contributed by atoms with van der Waals surface area (Å²) in [6.45, 7) is 5.85. The number of fused-ring (bicyclic) bond motifs is 1. The summed E-state index contributed by atoms with van der Waals surface area (Å²) in [5.41, 5.74) is 2.22. The van der Waals surface area contributed by atoms with E-state index < -0.39 is 10.0 Å². The molecule has 2 aliphatic rings. The van der Waals surface area contributed by atoms with E-state index in [4.69, 9.17) is 4.52 Å². The number of nitrogens with one attached hydrogen (secondary N) is 1. The van der Waals surface area contributed by atoms with Crippen LogP contribution in [0.1, 0.15) is 36.4 Å². The van der Waals surface area contributed by atoms with Crippen molar-refractivity contribution >= 4 is 10.0 Å². The minimum atomic E-state index is -3.10. The van der Waals surface area contributed by atoms with Gasteiger partial charge in [-0.3, -0.25) is 4.90 Å². The van der Waals surface area contributed by atoms with E-state index in [1.54, 1.807) is 0 Å². The Labute approximate surface area is 154 Å². The molecule has 2 aromatic heterocycles. The molecule has 1 fully saturated rings. The van der Waals surface area contributed by atoms with Crippen LogP contribution in [0.15, 0.2) is 28.9 Å².